The summed E-state index contributed by atoms with van der Waals surface area (Å²) in [6.07, 6.45) is 2.55. The molecule has 0 radical (unpaired) electrons. The third kappa shape index (κ3) is 2.61. The van der Waals surface area contributed by atoms with E-state index < -0.39 is 0 Å². The summed E-state index contributed by atoms with van der Waals surface area (Å²) in [6.45, 7) is 6.21. The second-order valence-corrected chi connectivity index (χ2v) is 5.74. The molecule has 0 aliphatic carbocycles. The lowest BCUT2D eigenvalue weighted by molar-refractivity contribution is 0.387. The second kappa shape index (κ2) is 5.23. The monoisotopic (exact) mass is 240 g/mol. The molecular weight excluding hydrogens is 220 g/mol. The van der Waals surface area contributed by atoms with Gasteiger partial charge in [0.2, 0.25) is 0 Å². The van der Waals surface area contributed by atoms with E-state index in [0.29, 0.717) is 12.1 Å². The largest absolute Gasteiger partial charge is 0.361 e. The Morgan fingerprint density at radius 2 is 2.06 bits per heavy atom. The molecule has 1 aromatic heterocycles. The Morgan fingerprint density at radius 1 is 1.38 bits per heavy atom. The molecule has 1 atom stereocenters. The van der Waals surface area contributed by atoms with Crippen LogP contribution in [-0.4, -0.2) is 22.7 Å². The molecule has 1 aliphatic heterocycles. The van der Waals surface area contributed by atoms with E-state index in [-0.39, 0.29) is 0 Å². The minimum atomic E-state index is 0.347. The average molecular weight is 240 g/mol. The first-order chi connectivity index (χ1) is 7.68. The van der Waals surface area contributed by atoms with Crippen LogP contribution in [0.1, 0.15) is 42.8 Å². The molecule has 1 saturated heterocycles. The van der Waals surface area contributed by atoms with Gasteiger partial charge in [0.1, 0.15) is 5.76 Å². The third-order valence-electron chi connectivity index (χ3n) is 3.23. The van der Waals surface area contributed by atoms with Crippen molar-refractivity contribution in [1.82, 2.24) is 10.5 Å². The van der Waals surface area contributed by atoms with E-state index in [0.717, 1.165) is 11.5 Å². The minimum Gasteiger partial charge on any atom is -0.361 e. The average Bonchev–Trinajstić information content (AvgIpc) is 2.60. The molecule has 0 spiro atoms. The highest BCUT2D eigenvalue weighted by molar-refractivity contribution is 7.99. The molecule has 3 nitrogen and oxygen atoms in total. The van der Waals surface area contributed by atoms with Gasteiger partial charge in [0.05, 0.1) is 5.69 Å². The van der Waals surface area contributed by atoms with Gasteiger partial charge in [0, 0.05) is 17.6 Å². The molecule has 1 aromatic rings. The van der Waals surface area contributed by atoms with E-state index in [9.17, 15) is 0 Å². The van der Waals surface area contributed by atoms with Gasteiger partial charge < -0.3 is 9.84 Å². The minimum absolute atomic E-state index is 0.347. The smallest absolute Gasteiger partial charge is 0.138 e. The van der Waals surface area contributed by atoms with Crippen LogP contribution >= 0.6 is 11.8 Å². The van der Waals surface area contributed by atoms with Crippen molar-refractivity contribution in [1.29, 1.82) is 0 Å². The molecule has 0 amide bonds. The number of thioether (sulfide) groups is 1. The number of nitrogens with zero attached hydrogens (tertiary/aromatic N) is 1. The molecule has 0 bridgehead atoms. The Balaban J connectivity index is 1.99. The highest BCUT2D eigenvalue weighted by atomic mass is 32.2. The fraction of sp³-hybridized carbons (Fsp3) is 0.750. The van der Waals surface area contributed by atoms with E-state index in [2.05, 4.69) is 29.2 Å². The van der Waals surface area contributed by atoms with Crippen LogP contribution in [0.4, 0.5) is 0 Å². The van der Waals surface area contributed by atoms with Crippen LogP contribution in [0.3, 0.4) is 0 Å². The summed E-state index contributed by atoms with van der Waals surface area (Å²) in [4.78, 5) is 0. The first-order valence-corrected chi connectivity index (χ1v) is 7.10. The van der Waals surface area contributed by atoms with Crippen LogP contribution in [0.5, 0.6) is 0 Å². The quantitative estimate of drug-likeness (QED) is 0.881. The molecule has 1 aliphatic rings. The Labute approximate surface area is 101 Å². The summed E-state index contributed by atoms with van der Waals surface area (Å²) in [5.41, 5.74) is 2.25. The number of nitrogens with one attached hydrogen (secondary N) is 1. The summed E-state index contributed by atoms with van der Waals surface area (Å²) in [5.74, 6) is 3.51. The van der Waals surface area contributed by atoms with Crippen molar-refractivity contribution in [3.8, 4) is 0 Å². The van der Waals surface area contributed by atoms with E-state index >= 15 is 0 Å². The topological polar surface area (TPSA) is 38.1 Å². The zero-order valence-corrected chi connectivity index (χ0v) is 11.1. The molecule has 0 saturated carbocycles. The molecule has 1 N–H and O–H groups in total. The first kappa shape index (κ1) is 12.0. The van der Waals surface area contributed by atoms with Crippen molar-refractivity contribution in [3.63, 3.8) is 0 Å². The number of hydrogen-bond acceptors (Lipinski definition) is 4. The first-order valence-electron chi connectivity index (χ1n) is 5.95. The fourth-order valence-electron chi connectivity index (χ4n) is 2.41. The van der Waals surface area contributed by atoms with Crippen molar-refractivity contribution in [2.75, 3.05) is 11.5 Å². The summed E-state index contributed by atoms with van der Waals surface area (Å²) in [6, 6.07) is 1.00. The predicted molar refractivity (Wildman–Crippen MR) is 67.9 cm³/mol. The SMILES string of the molecule is Cc1noc(C)c1C(C)NC1CCSCC1. The summed E-state index contributed by atoms with van der Waals surface area (Å²) in [5, 5.41) is 7.70. The van der Waals surface area contributed by atoms with E-state index in [4.69, 9.17) is 4.52 Å². The molecular formula is C12H20N2OS. The van der Waals surface area contributed by atoms with Gasteiger partial charge in [0.25, 0.3) is 0 Å². The van der Waals surface area contributed by atoms with Gasteiger partial charge in [-0.05, 0) is 45.1 Å². The van der Waals surface area contributed by atoms with Crippen molar-refractivity contribution < 1.29 is 4.52 Å². The summed E-state index contributed by atoms with van der Waals surface area (Å²) >= 11 is 2.06. The van der Waals surface area contributed by atoms with Crippen LogP contribution in [0.15, 0.2) is 4.52 Å². The zero-order valence-electron chi connectivity index (χ0n) is 10.2. The van der Waals surface area contributed by atoms with E-state index in [1.807, 2.05) is 13.8 Å². The molecule has 2 heterocycles. The van der Waals surface area contributed by atoms with Gasteiger partial charge in [-0.25, -0.2) is 0 Å². The molecule has 1 fully saturated rings. The van der Waals surface area contributed by atoms with Crippen molar-refractivity contribution in [3.05, 3.63) is 17.0 Å². The van der Waals surface area contributed by atoms with Gasteiger partial charge in [-0.15, -0.1) is 0 Å². The Hall–Kier alpha value is -0.480. The van der Waals surface area contributed by atoms with E-state index in [1.165, 1.54) is 29.9 Å². The third-order valence-corrected chi connectivity index (χ3v) is 4.28. The lowest BCUT2D eigenvalue weighted by Gasteiger charge is -2.26. The number of aromatic nitrogens is 1. The highest BCUT2D eigenvalue weighted by Crippen LogP contribution is 2.24. The Kier molecular flexibility index (Phi) is 3.92. The molecule has 2 rings (SSSR count). The predicted octanol–water partition coefficient (Wildman–Crippen LogP) is 2.84. The number of rotatable bonds is 3. The Bertz CT molecular complexity index is 325. The molecule has 1 unspecified atom stereocenters. The van der Waals surface area contributed by atoms with Crippen LogP contribution in [0, 0.1) is 13.8 Å². The maximum absolute atomic E-state index is 5.21. The molecule has 4 heteroatoms. The van der Waals surface area contributed by atoms with Gasteiger partial charge >= 0.3 is 0 Å². The van der Waals surface area contributed by atoms with Crippen LogP contribution in [-0.2, 0) is 0 Å². The van der Waals surface area contributed by atoms with Crippen LogP contribution < -0.4 is 5.32 Å². The fourth-order valence-corrected chi connectivity index (χ4v) is 3.52. The lowest BCUT2D eigenvalue weighted by Crippen LogP contribution is -2.34. The molecule has 90 valence electrons. The maximum Gasteiger partial charge on any atom is 0.138 e. The Morgan fingerprint density at radius 3 is 2.62 bits per heavy atom. The lowest BCUT2D eigenvalue weighted by atomic mass is 10.0. The van der Waals surface area contributed by atoms with E-state index in [1.54, 1.807) is 0 Å². The summed E-state index contributed by atoms with van der Waals surface area (Å²) in [7, 11) is 0. The highest BCUT2D eigenvalue weighted by Gasteiger charge is 2.20. The summed E-state index contributed by atoms with van der Waals surface area (Å²) < 4.78 is 5.21. The van der Waals surface area contributed by atoms with Crippen LogP contribution in [0.25, 0.3) is 0 Å². The van der Waals surface area contributed by atoms with Crippen LogP contribution in [0.2, 0.25) is 0 Å². The van der Waals surface area contributed by atoms with Gasteiger partial charge in [-0.1, -0.05) is 5.16 Å². The molecule has 0 aromatic carbocycles. The number of aryl methyl sites for hydroxylation is 2. The number of hydrogen-bond donors (Lipinski definition) is 1. The van der Waals surface area contributed by atoms with Gasteiger partial charge in [0.15, 0.2) is 0 Å². The van der Waals surface area contributed by atoms with Gasteiger partial charge in [-0.3, -0.25) is 0 Å². The van der Waals surface area contributed by atoms with Crippen molar-refractivity contribution >= 4 is 11.8 Å². The zero-order chi connectivity index (χ0) is 11.5. The van der Waals surface area contributed by atoms with Crippen molar-refractivity contribution in [2.24, 2.45) is 0 Å². The normalized spacial score (nSPS) is 19.9. The second-order valence-electron chi connectivity index (χ2n) is 4.51. The molecule has 16 heavy (non-hydrogen) atoms. The van der Waals surface area contributed by atoms with Crippen molar-refractivity contribution in [2.45, 2.75) is 45.7 Å². The van der Waals surface area contributed by atoms with Gasteiger partial charge in [-0.2, -0.15) is 11.8 Å². The standard InChI is InChI=1S/C12H20N2OS/c1-8(12-9(2)14-15-10(12)3)13-11-4-6-16-7-5-11/h8,11,13H,4-7H2,1-3H3. The maximum atomic E-state index is 5.21.